The van der Waals surface area contributed by atoms with Crippen molar-refractivity contribution in [2.75, 3.05) is 39.8 Å². The first-order valence-corrected chi connectivity index (χ1v) is 9.78. The second-order valence-electron chi connectivity index (χ2n) is 4.85. The Morgan fingerprint density at radius 2 is 1.90 bits per heavy atom. The number of likely N-dealkylation sites (N-methyl/N-ethyl adjacent to an activating group) is 1. The molecule has 5 nitrogen and oxygen atoms in total. The Balaban J connectivity index is 2.44. The molecule has 0 radical (unpaired) electrons. The van der Waals surface area contributed by atoms with Crippen LogP contribution in [0.1, 0.15) is 25.1 Å². The molecular weight excluding hydrogens is 306 g/mol. The summed E-state index contributed by atoms with van der Waals surface area (Å²) in [6, 6.07) is 3.59. The smallest absolute Gasteiger partial charge is 0.250 e. The summed E-state index contributed by atoms with van der Waals surface area (Å²) in [6.07, 6.45) is 1.69. The van der Waals surface area contributed by atoms with E-state index in [9.17, 15) is 8.42 Å². The Labute approximate surface area is 132 Å². The first kappa shape index (κ1) is 18.6. The summed E-state index contributed by atoms with van der Waals surface area (Å²) >= 11 is 1.35. The topological polar surface area (TPSA) is 61.4 Å². The third-order valence-corrected chi connectivity index (χ3v) is 6.46. The lowest BCUT2D eigenvalue weighted by atomic mass is 10.3. The highest BCUT2D eigenvalue weighted by Crippen LogP contribution is 2.21. The zero-order valence-electron chi connectivity index (χ0n) is 13.2. The number of rotatable bonds is 11. The maximum atomic E-state index is 12.2. The van der Waals surface area contributed by atoms with E-state index in [0.717, 1.165) is 43.9 Å². The standard InChI is InChI=1S/C14H27N3O2S2/c1-4-17(5-2)12-6-10-16-21(18,19)14-8-7-13(20-14)9-11-15-3/h7-8,15-16H,4-6,9-12H2,1-3H3. The highest BCUT2D eigenvalue weighted by molar-refractivity contribution is 7.91. The molecule has 2 N–H and O–H groups in total. The molecule has 21 heavy (non-hydrogen) atoms. The number of thiophene rings is 1. The average molecular weight is 334 g/mol. The van der Waals surface area contributed by atoms with Gasteiger partial charge in [0.1, 0.15) is 4.21 Å². The van der Waals surface area contributed by atoms with Crippen molar-refractivity contribution in [2.24, 2.45) is 0 Å². The molecule has 0 aliphatic heterocycles. The van der Waals surface area contributed by atoms with Crippen molar-refractivity contribution in [2.45, 2.75) is 30.9 Å². The van der Waals surface area contributed by atoms with Gasteiger partial charge in [0.15, 0.2) is 0 Å². The van der Waals surface area contributed by atoms with E-state index in [2.05, 4.69) is 28.8 Å². The minimum absolute atomic E-state index is 0.413. The van der Waals surface area contributed by atoms with Gasteiger partial charge < -0.3 is 10.2 Å². The van der Waals surface area contributed by atoms with Crippen molar-refractivity contribution in [1.82, 2.24) is 14.9 Å². The van der Waals surface area contributed by atoms with Gasteiger partial charge in [-0.05, 0) is 58.2 Å². The molecule has 0 unspecified atom stereocenters. The van der Waals surface area contributed by atoms with E-state index in [1.165, 1.54) is 11.3 Å². The predicted octanol–water partition coefficient (Wildman–Crippen LogP) is 1.52. The lowest BCUT2D eigenvalue weighted by molar-refractivity contribution is 0.300. The second kappa shape index (κ2) is 9.53. The number of hydrogen-bond acceptors (Lipinski definition) is 5. The van der Waals surface area contributed by atoms with Crippen molar-refractivity contribution in [3.8, 4) is 0 Å². The largest absolute Gasteiger partial charge is 0.319 e. The van der Waals surface area contributed by atoms with Gasteiger partial charge in [-0.25, -0.2) is 13.1 Å². The van der Waals surface area contributed by atoms with Crippen molar-refractivity contribution in [3.05, 3.63) is 17.0 Å². The molecule has 0 spiro atoms. The zero-order chi connectivity index (χ0) is 15.7. The Bertz CT molecular complexity index is 496. The van der Waals surface area contributed by atoms with E-state index in [-0.39, 0.29) is 0 Å². The van der Waals surface area contributed by atoms with Crippen molar-refractivity contribution >= 4 is 21.4 Å². The molecule has 1 heterocycles. The molecule has 7 heteroatoms. The summed E-state index contributed by atoms with van der Waals surface area (Å²) < 4.78 is 27.4. The quantitative estimate of drug-likeness (QED) is 0.603. The number of nitrogens with zero attached hydrogens (tertiary/aromatic N) is 1. The van der Waals surface area contributed by atoms with Gasteiger partial charge in [-0.2, -0.15) is 0 Å². The Hall–Kier alpha value is -0.470. The van der Waals surface area contributed by atoms with Gasteiger partial charge in [-0.15, -0.1) is 11.3 Å². The second-order valence-corrected chi connectivity index (χ2v) is 8.01. The molecule has 0 saturated heterocycles. The molecule has 1 rings (SSSR count). The fourth-order valence-electron chi connectivity index (χ4n) is 2.01. The summed E-state index contributed by atoms with van der Waals surface area (Å²) in [5.41, 5.74) is 0. The number of nitrogens with one attached hydrogen (secondary N) is 2. The van der Waals surface area contributed by atoms with Gasteiger partial charge in [-0.3, -0.25) is 0 Å². The molecule has 122 valence electrons. The first-order valence-electron chi connectivity index (χ1n) is 7.48. The SMILES string of the molecule is CCN(CC)CCCNS(=O)(=O)c1ccc(CCNC)s1. The van der Waals surface area contributed by atoms with E-state index in [4.69, 9.17) is 0 Å². The molecule has 0 aromatic carbocycles. The molecule has 0 aliphatic carbocycles. The summed E-state index contributed by atoms with van der Waals surface area (Å²) in [6.45, 7) is 8.51. The van der Waals surface area contributed by atoms with E-state index < -0.39 is 10.0 Å². The van der Waals surface area contributed by atoms with Crippen LogP contribution in [0, 0.1) is 0 Å². The van der Waals surface area contributed by atoms with Crippen LogP contribution in [-0.2, 0) is 16.4 Å². The normalized spacial score (nSPS) is 12.2. The Morgan fingerprint density at radius 3 is 2.52 bits per heavy atom. The van der Waals surface area contributed by atoms with E-state index >= 15 is 0 Å². The molecule has 0 fully saturated rings. The molecular formula is C14H27N3O2S2. The molecule has 1 aromatic rings. The molecule has 0 bridgehead atoms. The van der Waals surface area contributed by atoms with Gasteiger partial charge in [0.25, 0.3) is 0 Å². The molecule has 0 atom stereocenters. The van der Waals surface area contributed by atoms with Crippen molar-refractivity contribution in [3.63, 3.8) is 0 Å². The third kappa shape index (κ3) is 6.44. The van der Waals surface area contributed by atoms with Gasteiger partial charge >= 0.3 is 0 Å². The maximum absolute atomic E-state index is 12.2. The Morgan fingerprint density at radius 1 is 1.19 bits per heavy atom. The summed E-state index contributed by atoms with van der Waals surface area (Å²) in [7, 11) is -1.45. The van der Waals surface area contributed by atoms with Crippen LogP contribution in [0.2, 0.25) is 0 Å². The van der Waals surface area contributed by atoms with Gasteiger partial charge in [0, 0.05) is 11.4 Å². The van der Waals surface area contributed by atoms with Crippen LogP contribution in [0.4, 0.5) is 0 Å². The van der Waals surface area contributed by atoms with E-state index in [1.807, 2.05) is 13.1 Å². The fourth-order valence-corrected chi connectivity index (χ4v) is 4.48. The Kier molecular flexibility index (Phi) is 8.43. The molecule has 0 saturated carbocycles. The van der Waals surface area contributed by atoms with Crippen LogP contribution in [0.15, 0.2) is 16.3 Å². The first-order chi connectivity index (χ1) is 10.0. The summed E-state index contributed by atoms with van der Waals surface area (Å²) in [5.74, 6) is 0. The summed E-state index contributed by atoms with van der Waals surface area (Å²) in [5, 5.41) is 3.06. The number of sulfonamides is 1. The van der Waals surface area contributed by atoms with Gasteiger partial charge in [0.05, 0.1) is 0 Å². The number of hydrogen-bond donors (Lipinski definition) is 2. The lowest BCUT2D eigenvalue weighted by Crippen LogP contribution is -2.29. The molecule has 0 amide bonds. The average Bonchev–Trinajstić information content (AvgIpc) is 2.95. The van der Waals surface area contributed by atoms with Crippen LogP contribution in [0.25, 0.3) is 0 Å². The minimum atomic E-state index is -3.35. The van der Waals surface area contributed by atoms with Gasteiger partial charge in [0.2, 0.25) is 10.0 Å². The minimum Gasteiger partial charge on any atom is -0.319 e. The van der Waals surface area contributed by atoms with E-state index in [0.29, 0.717) is 10.8 Å². The van der Waals surface area contributed by atoms with Gasteiger partial charge in [-0.1, -0.05) is 13.8 Å². The van der Waals surface area contributed by atoms with Crippen LogP contribution in [0.5, 0.6) is 0 Å². The summed E-state index contributed by atoms with van der Waals surface area (Å²) in [4.78, 5) is 3.38. The molecule has 1 aromatic heterocycles. The maximum Gasteiger partial charge on any atom is 0.250 e. The third-order valence-electron chi connectivity index (χ3n) is 3.36. The highest BCUT2D eigenvalue weighted by Gasteiger charge is 2.16. The highest BCUT2D eigenvalue weighted by atomic mass is 32.2. The predicted molar refractivity (Wildman–Crippen MR) is 89.5 cm³/mol. The van der Waals surface area contributed by atoms with Crippen molar-refractivity contribution < 1.29 is 8.42 Å². The fraction of sp³-hybridized carbons (Fsp3) is 0.714. The van der Waals surface area contributed by atoms with E-state index in [1.54, 1.807) is 6.07 Å². The molecule has 0 aliphatic rings. The van der Waals surface area contributed by atoms with Crippen LogP contribution in [-0.4, -0.2) is 53.1 Å². The van der Waals surface area contributed by atoms with Crippen LogP contribution in [0.3, 0.4) is 0 Å². The van der Waals surface area contributed by atoms with Crippen molar-refractivity contribution in [1.29, 1.82) is 0 Å². The lowest BCUT2D eigenvalue weighted by Gasteiger charge is -2.17. The zero-order valence-corrected chi connectivity index (χ0v) is 14.8. The monoisotopic (exact) mass is 333 g/mol. The van der Waals surface area contributed by atoms with Crippen LogP contribution < -0.4 is 10.0 Å². The van der Waals surface area contributed by atoms with Crippen LogP contribution >= 0.6 is 11.3 Å².